The number of carbonyl (C=O) groups excluding carboxylic acids is 2. The zero-order chi connectivity index (χ0) is 23.8. The summed E-state index contributed by atoms with van der Waals surface area (Å²) in [6.45, 7) is 7.12. The van der Waals surface area contributed by atoms with Gasteiger partial charge in [0, 0.05) is 12.5 Å². The highest BCUT2D eigenvalue weighted by atomic mass is 35.5. The van der Waals surface area contributed by atoms with E-state index in [9.17, 15) is 9.59 Å². The van der Waals surface area contributed by atoms with E-state index < -0.39 is 11.9 Å². The van der Waals surface area contributed by atoms with Gasteiger partial charge in [0.25, 0.3) is 0 Å². The molecule has 0 amide bonds. The van der Waals surface area contributed by atoms with E-state index in [4.69, 9.17) is 26.3 Å². The molecule has 0 saturated carbocycles. The third kappa shape index (κ3) is 10.8. The number of esters is 2. The number of hydrogen-bond acceptors (Lipinski definition) is 6. The van der Waals surface area contributed by atoms with Crippen molar-refractivity contribution in [1.82, 2.24) is 0 Å². The van der Waals surface area contributed by atoms with E-state index in [2.05, 4.69) is 24.0 Å². The first-order valence-electron chi connectivity index (χ1n) is 9.52. The van der Waals surface area contributed by atoms with Crippen LogP contribution < -0.4 is 4.74 Å². The van der Waals surface area contributed by atoms with Crippen molar-refractivity contribution in [2.24, 2.45) is 0 Å². The highest BCUT2D eigenvalue weighted by Gasteiger charge is 2.04. The molecule has 0 unspecified atom stereocenters. The number of methoxy groups -OCH3 is 1. The van der Waals surface area contributed by atoms with E-state index in [-0.39, 0.29) is 11.6 Å². The average molecular weight is 454 g/mol. The lowest BCUT2D eigenvalue weighted by Crippen LogP contribution is -2.08. The molecule has 0 heterocycles. The Morgan fingerprint density at radius 2 is 1.59 bits per heavy atom. The number of hydrogen-bond donors (Lipinski definition) is 0. The molecule has 2 aromatic rings. The van der Waals surface area contributed by atoms with Gasteiger partial charge in [-0.1, -0.05) is 61.2 Å². The van der Waals surface area contributed by atoms with Crippen LogP contribution in [0.1, 0.15) is 23.1 Å². The van der Waals surface area contributed by atoms with Gasteiger partial charge in [0.1, 0.15) is 10.8 Å². The van der Waals surface area contributed by atoms with Gasteiger partial charge < -0.3 is 14.2 Å². The predicted octanol–water partition coefficient (Wildman–Crippen LogP) is 5.14. The van der Waals surface area contributed by atoms with Crippen molar-refractivity contribution in [1.29, 1.82) is 5.26 Å². The molecule has 166 valence electrons. The van der Waals surface area contributed by atoms with Crippen LogP contribution in [0.15, 0.2) is 72.8 Å². The molecule has 0 N–H and O–H groups in total. The Labute approximate surface area is 193 Å². The molecule has 6 nitrogen and oxygen atoms in total. The molecule has 0 radical (unpaired) electrons. The van der Waals surface area contributed by atoms with Crippen LogP contribution in [0.2, 0.25) is 0 Å². The fourth-order valence-corrected chi connectivity index (χ4v) is 2.17. The highest BCUT2D eigenvalue weighted by Crippen LogP contribution is 2.15. The van der Waals surface area contributed by atoms with Crippen LogP contribution in [0.5, 0.6) is 5.75 Å². The summed E-state index contributed by atoms with van der Waals surface area (Å²) in [6.07, 6.45) is 5.65. The molecule has 0 aliphatic carbocycles. The number of nitriles is 1. The Bertz CT molecular complexity index is 973. The topological polar surface area (TPSA) is 85.6 Å². The number of halogens is 1. The van der Waals surface area contributed by atoms with E-state index >= 15 is 0 Å². The van der Waals surface area contributed by atoms with Crippen LogP contribution in [0.3, 0.4) is 0 Å². The molecule has 0 aromatic heterocycles. The highest BCUT2D eigenvalue weighted by molar-refractivity contribution is 6.40. The molecule has 0 atom stereocenters. The molecule has 0 fully saturated rings. The summed E-state index contributed by atoms with van der Waals surface area (Å²) in [5.74, 6) is -0.256. The third-order valence-electron chi connectivity index (χ3n) is 3.77. The lowest BCUT2D eigenvalue weighted by molar-refractivity contribution is -0.138. The summed E-state index contributed by atoms with van der Waals surface area (Å²) >= 11 is 5.41. The smallest absolute Gasteiger partial charge is 0.349 e. The van der Waals surface area contributed by atoms with E-state index in [0.717, 1.165) is 23.0 Å². The van der Waals surface area contributed by atoms with Crippen molar-refractivity contribution in [3.05, 3.63) is 89.5 Å². The summed E-state index contributed by atoms with van der Waals surface area (Å²) in [6, 6.07) is 17.1. The van der Waals surface area contributed by atoms with Crippen molar-refractivity contribution in [2.45, 2.75) is 6.42 Å². The molecule has 2 rings (SSSR count). The van der Waals surface area contributed by atoms with E-state index in [1.165, 1.54) is 7.11 Å². The van der Waals surface area contributed by atoms with Gasteiger partial charge in [-0.15, -0.1) is 0 Å². The van der Waals surface area contributed by atoms with Gasteiger partial charge in [-0.25, -0.2) is 9.59 Å². The third-order valence-corrected chi connectivity index (χ3v) is 3.92. The summed E-state index contributed by atoms with van der Waals surface area (Å²) < 4.78 is 14.6. The minimum Gasteiger partial charge on any atom is -0.493 e. The Morgan fingerprint density at radius 3 is 2.03 bits per heavy atom. The number of benzene rings is 2. The van der Waals surface area contributed by atoms with Crippen molar-refractivity contribution in [3.8, 4) is 11.8 Å². The number of rotatable bonds is 9. The second kappa shape index (κ2) is 15.1. The first kappa shape index (κ1) is 26.2. The van der Waals surface area contributed by atoms with Crippen LogP contribution >= 0.6 is 11.6 Å². The number of ether oxygens (including phenoxy) is 3. The quantitative estimate of drug-likeness (QED) is 0.226. The Kier molecular flexibility index (Phi) is 12.3. The first-order chi connectivity index (χ1) is 15.4. The Morgan fingerprint density at radius 1 is 1.03 bits per heavy atom. The first-order valence-corrected chi connectivity index (χ1v) is 9.90. The minimum absolute atomic E-state index is 0.129. The van der Waals surface area contributed by atoms with Crippen molar-refractivity contribution in [3.63, 3.8) is 0 Å². The maximum absolute atomic E-state index is 11.1. The van der Waals surface area contributed by atoms with E-state index in [0.29, 0.717) is 18.6 Å². The zero-order valence-electron chi connectivity index (χ0n) is 17.8. The second-order valence-electron chi connectivity index (χ2n) is 6.11. The van der Waals surface area contributed by atoms with Gasteiger partial charge in [0.2, 0.25) is 0 Å². The van der Waals surface area contributed by atoms with Gasteiger partial charge >= 0.3 is 11.9 Å². The van der Waals surface area contributed by atoms with Crippen molar-refractivity contribution in [2.75, 3.05) is 20.3 Å². The van der Waals surface area contributed by atoms with E-state index in [1.54, 1.807) is 12.1 Å². The fourth-order valence-electron chi connectivity index (χ4n) is 2.11. The van der Waals surface area contributed by atoms with Crippen molar-refractivity contribution < 1.29 is 23.8 Å². The molecular formula is C25H24ClNO5. The van der Waals surface area contributed by atoms with Gasteiger partial charge in [-0.2, -0.15) is 5.26 Å². The van der Waals surface area contributed by atoms with Gasteiger partial charge in [0.05, 0.1) is 32.0 Å². The molecule has 0 aliphatic rings. The Hall–Kier alpha value is -3.82. The molecule has 0 saturated heterocycles. The summed E-state index contributed by atoms with van der Waals surface area (Å²) in [5.41, 5.74) is 2.71. The predicted molar refractivity (Wildman–Crippen MR) is 125 cm³/mol. The average Bonchev–Trinajstić information content (AvgIpc) is 2.83. The van der Waals surface area contributed by atoms with Crippen LogP contribution in [-0.4, -0.2) is 32.3 Å². The summed E-state index contributed by atoms with van der Waals surface area (Å²) in [5, 5.41) is 8.66. The van der Waals surface area contributed by atoms with Crippen LogP contribution in [-0.2, 0) is 19.1 Å². The maximum Gasteiger partial charge on any atom is 0.349 e. The normalized spacial score (nSPS) is 9.66. The molecule has 0 bridgehead atoms. The van der Waals surface area contributed by atoms with E-state index in [1.807, 2.05) is 48.6 Å². The molecular weight excluding hydrogens is 430 g/mol. The van der Waals surface area contributed by atoms with Crippen LogP contribution in [0.25, 0.3) is 12.2 Å². The zero-order valence-corrected chi connectivity index (χ0v) is 18.5. The van der Waals surface area contributed by atoms with Crippen LogP contribution in [0.4, 0.5) is 0 Å². The second-order valence-corrected chi connectivity index (χ2v) is 6.56. The SMILES string of the molecule is C=C(Cl)C(=O)OCCCOc1ccc(C=Cc2ccc(C#N)cc2)cc1.C=CC(=O)OC. The molecule has 7 heteroatoms. The summed E-state index contributed by atoms with van der Waals surface area (Å²) in [7, 11) is 1.31. The molecule has 0 spiro atoms. The molecule has 2 aromatic carbocycles. The lowest BCUT2D eigenvalue weighted by Gasteiger charge is -2.07. The molecule has 0 aliphatic heterocycles. The monoisotopic (exact) mass is 453 g/mol. The minimum atomic E-state index is -0.606. The van der Waals surface area contributed by atoms with Crippen molar-refractivity contribution >= 4 is 35.7 Å². The number of carbonyl (C=O) groups is 2. The lowest BCUT2D eigenvalue weighted by atomic mass is 10.1. The number of nitrogens with zero attached hydrogens (tertiary/aromatic N) is 1. The summed E-state index contributed by atoms with van der Waals surface area (Å²) in [4.78, 5) is 20.9. The fraction of sp³-hybridized carbons (Fsp3) is 0.160. The standard InChI is InChI=1S/C21H18ClNO3.C4H6O2/c1-16(22)21(24)26-14-2-13-25-20-11-9-18(10-12-20)4-3-17-5-7-19(15-23)8-6-17;1-3-4(5)6-2/h3-12H,1-2,13-14H2;3H,1H2,2H3. The van der Waals surface area contributed by atoms with Crippen LogP contribution in [0, 0.1) is 11.3 Å². The van der Waals surface area contributed by atoms with Gasteiger partial charge in [-0.05, 0) is 35.4 Å². The van der Waals surface area contributed by atoms with Gasteiger partial charge in [0.15, 0.2) is 0 Å². The Balaban J connectivity index is 0.000000751. The molecule has 32 heavy (non-hydrogen) atoms. The maximum atomic E-state index is 11.1. The van der Waals surface area contributed by atoms with Gasteiger partial charge in [-0.3, -0.25) is 0 Å². The largest absolute Gasteiger partial charge is 0.493 e.